The Labute approximate surface area is 124 Å². The summed E-state index contributed by atoms with van der Waals surface area (Å²) in [7, 11) is 1.81. The second-order valence-electron chi connectivity index (χ2n) is 6.31. The van der Waals surface area contributed by atoms with Gasteiger partial charge in [-0.05, 0) is 70.2 Å². The first kappa shape index (κ1) is 17.2. The van der Waals surface area contributed by atoms with Gasteiger partial charge in [-0.3, -0.25) is 0 Å². The molecule has 0 fully saturated rings. The first-order valence-electron chi connectivity index (χ1n) is 7.79. The molecule has 1 unspecified atom stereocenters. The number of ether oxygens (including phenoxy) is 1. The molecule has 0 bridgehead atoms. The van der Waals surface area contributed by atoms with Gasteiger partial charge in [0.1, 0.15) is 0 Å². The largest absolute Gasteiger partial charge is 0.379 e. The number of hydrogen-bond donors (Lipinski definition) is 1. The molecule has 0 spiro atoms. The molecule has 1 aromatic rings. The van der Waals surface area contributed by atoms with Gasteiger partial charge < -0.3 is 10.1 Å². The average molecular weight is 277 g/mol. The van der Waals surface area contributed by atoms with Gasteiger partial charge in [-0.2, -0.15) is 0 Å². The van der Waals surface area contributed by atoms with Crippen molar-refractivity contribution in [3.05, 3.63) is 35.4 Å². The van der Waals surface area contributed by atoms with E-state index in [9.17, 15) is 0 Å². The molecule has 0 aromatic heterocycles. The lowest BCUT2D eigenvalue weighted by Crippen LogP contribution is -2.28. The minimum Gasteiger partial charge on any atom is -0.379 e. The molecule has 0 saturated heterocycles. The van der Waals surface area contributed by atoms with Gasteiger partial charge in [0, 0.05) is 7.11 Å². The Balaban J connectivity index is 2.62. The van der Waals surface area contributed by atoms with E-state index in [2.05, 4.69) is 57.3 Å². The van der Waals surface area contributed by atoms with Crippen LogP contribution in [0.4, 0.5) is 0 Å². The monoisotopic (exact) mass is 277 g/mol. The van der Waals surface area contributed by atoms with Crippen LogP contribution < -0.4 is 5.32 Å². The Morgan fingerprint density at radius 2 is 1.95 bits per heavy atom. The second-order valence-corrected chi connectivity index (χ2v) is 6.31. The fraction of sp³-hybridized carbons (Fsp3) is 0.667. The summed E-state index contributed by atoms with van der Waals surface area (Å²) in [4.78, 5) is 0. The molecule has 1 N–H and O–H groups in total. The summed E-state index contributed by atoms with van der Waals surface area (Å²) in [6.45, 7) is 10.8. The van der Waals surface area contributed by atoms with Gasteiger partial charge >= 0.3 is 0 Å². The van der Waals surface area contributed by atoms with Crippen molar-refractivity contribution >= 4 is 0 Å². The standard InChI is InChI=1S/C18H31NO/c1-6-19-14-16(11-12-18(3,4)20-5)13-17-10-8-7-9-15(17)2/h7-10,16,19H,6,11-14H2,1-5H3. The van der Waals surface area contributed by atoms with E-state index in [-0.39, 0.29) is 5.60 Å². The highest BCUT2D eigenvalue weighted by molar-refractivity contribution is 5.25. The zero-order valence-corrected chi connectivity index (χ0v) is 13.8. The maximum Gasteiger partial charge on any atom is 0.0622 e. The molecular weight excluding hydrogens is 246 g/mol. The minimum atomic E-state index is -0.0177. The maximum absolute atomic E-state index is 5.55. The lowest BCUT2D eigenvalue weighted by molar-refractivity contribution is 0.0104. The predicted octanol–water partition coefficient (Wildman–Crippen LogP) is 3.97. The number of hydrogen-bond acceptors (Lipinski definition) is 2. The molecule has 20 heavy (non-hydrogen) atoms. The van der Waals surface area contributed by atoms with Crippen LogP contribution >= 0.6 is 0 Å². The number of benzene rings is 1. The summed E-state index contributed by atoms with van der Waals surface area (Å²) in [5.74, 6) is 0.672. The molecule has 0 radical (unpaired) electrons. The summed E-state index contributed by atoms with van der Waals surface area (Å²) >= 11 is 0. The van der Waals surface area contributed by atoms with Gasteiger partial charge in [0.15, 0.2) is 0 Å². The summed E-state index contributed by atoms with van der Waals surface area (Å²) in [6.07, 6.45) is 3.45. The van der Waals surface area contributed by atoms with Gasteiger partial charge in [-0.1, -0.05) is 31.2 Å². The van der Waals surface area contributed by atoms with Crippen molar-refractivity contribution in [2.24, 2.45) is 5.92 Å². The van der Waals surface area contributed by atoms with Crippen molar-refractivity contribution in [3.8, 4) is 0 Å². The third-order valence-corrected chi connectivity index (χ3v) is 4.16. The lowest BCUT2D eigenvalue weighted by atomic mass is 9.89. The molecular formula is C18H31NO. The van der Waals surface area contributed by atoms with E-state index in [1.54, 1.807) is 7.11 Å². The van der Waals surface area contributed by atoms with Crippen LogP contribution in [0.3, 0.4) is 0 Å². The number of nitrogens with one attached hydrogen (secondary N) is 1. The number of rotatable bonds is 9. The van der Waals surface area contributed by atoms with Crippen molar-refractivity contribution in [2.45, 2.75) is 52.6 Å². The second kappa shape index (κ2) is 8.43. The van der Waals surface area contributed by atoms with E-state index in [0.29, 0.717) is 5.92 Å². The van der Waals surface area contributed by atoms with Crippen LogP contribution in [0, 0.1) is 12.8 Å². The van der Waals surface area contributed by atoms with Crippen molar-refractivity contribution in [2.75, 3.05) is 20.2 Å². The molecule has 0 amide bonds. The number of aryl methyl sites for hydroxylation is 1. The molecule has 1 rings (SSSR count). The van der Waals surface area contributed by atoms with E-state index in [1.807, 2.05) is 0 Å². The van der Waals surface area contributed by atoms with Crippen molar-refractivity contribution in [1.29, 1.82) is 0 Å². The normalized spacial score (nSPS) is 13.4. The summed E-state index contributed by atoms with van der Waals surface area (Å²) in [6, 6.07) is 8.73. The first-order valence-corrected chi connectivity index (χ1v) is 7.79. The molecule has 0 aliphatic heterocycles. The van der Waals surface area contributed by atoms with E-state index in [4.69, 9.17) is 4.74 Å². The van der Waals surface area contributed by atoms with Gasteiger partial charge in [-0.25, -0.2) is 0 Å². The zero-order valence-electron chi connectivity index (χ0n) is 13.8. The summed E-state index contributed by atoms with van der Waals surface area (Å²) < 4.78 is 5.55. The van der Waals surface area contributed by atoms with Crippen LogP contribution in [0.25, 0.3) is 0 Å². The summed E-state index contributed by atoms with van der Waals surface area (Å²) in [5.41, 5.74) is 2.86. The van der Waals surface area contributed by atoms with E-state index >= 15 is 0 Å². The molecule has 1 atom stereocenters. The molecule has 114 valence electrons. The fourth-order valence-corrected chi connectivity index (χ4v) is 2.43. The van der Waals surface area contributed by atoms with Gasteiger partial charge in [0.05, 0.1) is 5.60 Å². The minimum absolute atomic E-state index is 0.0177. The fourth-order valence-electron chi connectivity index (χ4n) is 2.43. The average Bonchev–Trinajstić information content (AvgIpc) is 2.44. The van der Waals surface area contributed by atoms with Crippen LogP contribution in [0.15, 0.2) is 24.3 Å². The molecule has 0 heterocycles. The van der Waals surface area contributed by atoms with Crippen LogP contribution in [0.5, 0.6) is 0 Å². The third kappa shape index (κ3) is 6.06. The zero-order chi connectivity index (χ0) is 15.0. The SMILES string of the molecule is CCNCC(CCC(C)(C)OC)Cc1ccccc1C. The lowest BCUT2D eigenvalue weighted by Gasteiger charge is -2.26. The van der Waals surface area contributed by atoms with Crippen molar-refractivity contribution < 1.29 is 4.74 Å². The maximum atomic E-state index is 5.55. The van der Waals surface area contributed by atoms with Gasteiger partial charge in [0.25, 0.3) is 0 Å². The van der Waals surface area contributed by atoms with Crippen molar-refractivity contribution in [1.82, 2.24) is 5.32 Å². The molecule has 2 heteroatoms. The Morgan fingerprint density at radius 1 is 1.25 bits per heavy atom. The highest BCUT2D eigenvalue weighted by Gasteiger charge is 2.19. The molecule has 1 aromatic carbocycles. The van der Waals surface area contributed by atoms with Gasteiger partial charge in [0.2, 0.25) is 0 Å². The van der Waals surface area contributed by atoms with Crippen molar-refractivity contribution in [3.63, 3.8) is 0 Å². The highest BCUT2D eigenvalue weighted by Crippen LogP contribution is 2.22. The Hall–Kier alpha value is -0.860. The molecule has 0 saturated carbocycles. The molecule has 2 nitrogen and oxygen atoms in total. The Kier molecular flexibility index (Phi) is 7.25. The Morgan fingerprint density at radius 3 is 2.55 bits per heavy atom. The Bertz CT molecular complexity index is 387. The topological polar surface area (TPSA) is 21.3 Å². The van der Waals surface area contributed by atoms with Crippen LogP contribution in [0.2, 0.25) is 0 Å². The van der Waals surface area contributed by atoms with Crippen LogP contribution in [0.1, 0.15) is 44.7 Å². The quantitative estimate of drug-likeness (QED) is 0.737. The first-order chi connectivity index (χ1) is 9.48. The molecule has 0 aliphatic carbocycles. The highest BCUT2D eigenvalue weighted by atomic mass is 16.5. The van der Waals surface area contributed by atoms with E-state index in [1.165, 1.54) is 17.5 Å². The smallest absolute Gasteiger partial charge is 0.0622 e. The summed E-state index contributed by atoms with van der Waals surface area (Å²) in [5, 5.41) is 3.50. The van der Waals surface area contributed by atoms with E-state index < -0.39 is 0 Å². The van der Waals surface area contributed by atoms with Gasteiger partial charge in [-0.15, -0.1) is 0 Å². The molecule has 0 aliphatic rings. The predicted molar refractivity (Wildman–Crippen MR) is 87.2 cm³/mol. The number of methoxy groups -OCH3 is 1. The third-order valence-electron chi connectivity index (χ3n) is 4.16. The van der Waals surface area contributed by atoms with E-state index in [0.717, 1.165) is 25.9 Å². The van der Waals surface area contributed by atoms with Crippen LogP contribution in [-0.4, -0.2) is 25.8 Å². The van der Waals surface area contributed by atoms with Crippen LogP contribution in [-0.2, 0) is 11.2 Å².